The molecular weight excluding hydrogens is 481 g/mol. The van der Waals surface area contributed by atoms with Gasteiger partial charge < -0.3 is 9.09 Å². The average Bonchev–Trinajstić information content (AvgIpc) is 3.56. The SMILES string of the molecule is CCc1ccc(S(=O)(=O)Nc2ccc(Cn3cnc(-c4nc(-c5ccc(F)cc5)no4)c3)cc2)cc1. The van der Waals surface area contributed by atoms with Gasteiger partial charge in [-0.3, -0.25) is 4.72 Å². The van der Waals surface area contributed by atoms with Gasteiger partial charge in [-0.2, -0.15) is 4.98 Å². The van der Waals surface area contributed by atoms with Crippen LogP contribution in [0, 0.1) is 5.82 Å². The largest absolute Gasteiger partial charge is 0.332 e. The Balaban J connectivity index is 1.24. The van der Waals surface area contributed by atoms with Crippen LogP contribution in [0.15, 0.2) is 94.7 Å². The fourth-order valence-corrected chi connectivity index (χ4v) is 4.67. The van der Waals surface area contributed by atoms with Crippen LogP contribution in [-0.2, 0) is 23.0 Å². The second kappa shape index (κ2) is 9.74. The van der Waals surface area contributed by atoms with E-state index in [2.05, 4.69) is 19.8 Å². The van der Waals surface area contributed by atoms with Crippen molar-refractivity contribution in [1.82, 2.24) is 19.7 Å². The van der Waals surface area contributed by atoms with Gasteiger partial charge in [0.25, 0.3) is 15.9 Å². The third-order valence-electron chi connectivity index (χ3n) is 5.59. The molecule has 36 heavy (non-hydrogen) atoms. The first-order chi connectivity index (χ1) is 17.4. The number of rotatable bonds is 8. The molecule has 0 unspecified atom stereocenters. The number of anilines is 1. The first kappa shape index (κ1) is 23.4. The summed E-state index contributed by atoms with van der Waals surface area (Å²) in [6.07, 6.45) is 4.27. The Morgan fingerprint density at radius 1 is 0.944 bits per heavy atom. The van der Waals surface area contributed by atoms with Gasteiger partial charge in [-0.15, -0.1) is 0 Å². The molecule has 0 fully saturated rings. The predicted octanol–water partition coefficient (Wildman–Crippen LogP) is 5.15. The molecule has 0 spiro atoms. The number of sulfonamides is 1. The molecule has 3 aromatic carbocycles. The molecule has 0 atom stereocenters. The number of imidazole rings is 1. The molecule has 0 radical (unpaired) electrons. The molecule has 0 aliphatic rings. The zero-order valence-electron chi connectivity index (χ0n) is 19.3. The zero-order chi connectivity index (χ0) is 25.1. The van der Waals surface area contributed by atoms with Gasteiger partial charge >= 0.3 is 0 Å². The van der Waals surface area contributed by atoms with Crippen molar-refractivity contribution in [2.75, 3.05) is 4.72 Å². The Morgan fingerprint density at radius 2 is 1.64 bits per heavy atom. The van der Waals surface area contributed by atoms with E-state index in [1.807, 2.05) is 35.8 Å². The van der Waals surface area contributed by atoms with Crippen LogP contribution < -0.4 is 4.72 Å². The number of nitrogens with one attached hydrogen (secondary N) is 1. The number of benzene rings is 3. The highest BCUT2D eigenvalue weighted by atomic mass is 32.2. The van der Waals surface area contributed by atoms with Crippen molar-refractivity contribution in [1.29, 1.82) is 0 Å². The first-order valence-corrected chi connectivity index (χ1v) is 12.7. The van der Waals surface area contributed by atoms with E-state index in [4.69, 9.17) is 4.52 Å². The Hall–Kier alpha value is -4.31. The molecule has 2 aromatic heterocycles. The second-order valence-electron chi connectivity index (χ2n) is 8.16. The van der Waals surface area contributed by atoms with Gasteiger partial charge in [0.1, 0.15) is 11.5 Å². The summed E-state index contributed by atoms with van der Waals surface area (Å²) in [5, 5.41) is 3.94. The average molecular weight is 504 g/mol. The highest BCUT2D eigenvalue weighted by Crippen LogP contribution is 2.22. The summed E-state index contributed by atoms with van der Waals surface area (Å²) in [4.78, 5) is 8.89. The van der Waals surface area contributed by atoms with Crippen LogP contribution in [0.3, 0.4) is 0 Å². The molecule has 5 aromatic rings. The molecule has 2 heterocycles. The van der Waals surface area contributed by atoms with E-state index in [0.717, 1.165) is 17.5 Å². The van der Waals surface area contributed by atoms with Crippen molar-refractivity contribution in [3.8, 4) is 23.0 Å². The van der Waals surface area contributed by atoms with Gasteiger partial charge in [-0.1, -0.05) is 36.3 Å². The van der Waals surface area contributed by atoms with Crippen molar-refractivity contribution in [3.63, 3.8) is 0 Å². The fraction of sp³-hybridized carbons (Fsp3) is 0.115. The highest BCUT2D eigenvalue weighted by Gasteiger charge is 2.15. The number of aryl methyl sites for hydroxylation is 1. The normalized spacial score (nSPS) is 11.5. The molecule has 8 nitrogen and oxygen atoms in total. The van der Waals surface area contributed by atoms with E-state index >= 15 is 0 Å². The monoisotopic (exact) mass is 503 g/mol. The van der Waals surface area contributed by atoms with Crippen LogP contribution in [0.1, 0.15) is 18.1 Å². The molecule has 5 rings (SSSR count). The molecule has 0 aliphatic heterocycles. The molecule has 0 amide bonds. The van der Waals surface area contributed by atoms with Gasteiger partial charge in [0.05, 0.1) is 11.2 Å². The van der Waals surface area contributed by atoms with E-state index in [-0.39, 0.29) is 16.6 Å². The molecule has 0 bridgehead atoms. The van der Waals surface area contributed by atoms with Gasteiger partial charge in [0.2, 0.25) is 5.82 Å². The van der Waals surface area contributed by atoms with Crippen LogP contribution in [0.5, 0.6) is 0 Å². The Bertz CT molecular complexity index is 1580. The summed E-state index contributed by atoms with van der Waals surface area (Å²) < 4.78 is 48.2. The number of nitrogens with zero attached hydrogens (tertiary/aromatic N) is 4. The van der Waals surface area contributed by atoms with Crippen LogP contribution in [0.2, 0.25) is 0 Å². The van der Waals surface area contributed by atoms with E-state index in [1.165, 1.54) is 12.1 Å². The van der Waals surface area contributed by atoms with Crippen LogP contribution >= 0.6 is 0 Å². The van der Waals surface area contributed by atoms with Gasteiger partial charge in [0, 0.05) is 24.0 Å². The molecule has 0 aliphatic carbocycles. The van der Waals surface area contributed by atoms with Crippen molar-refractivity contribution < 1.29 is 17.3 Å². The minimum atomic E-state index is -3.66. The lowest BCUT2D eigenvalue weighted by molar-refractivity contribution is 0.431. The van der Waals surface area contributed by atoms with Crippen molar-refractivity contribution >= 4 is 15.7 Å². The van der Waals surface area contributed by atoms with E-state index in [9.17, 15) is 12.8 Å². The third kappa shape index (κ3) is 5.18. The van der Waals surface area contributed by atoms with Gasteiger partial charge in [0.15, 0.2) is 0 Å². The Morgan fingerprint density at radius 3 is 2.33 bits per heavy atom. The summed E-state index contributed by atoms with van der Waals surface area (Å²) in [5.74, 6) is 0.261. The smallest absolute Gasteiger partial charge is 0.278 e. The van der Waals surface area contributed by atoms with Gasteiger partial charge in [-0.05, 0) is 66.1 Å². The zero-order valence-corrected chi connectivity index (χ0v) is 20.1. The Labute approximate surface area is 207 Å². The minimum Gasteiger partial charge on any atom is -0.332 e. The summed E-state index contributed by atoms with van der Waals surface area (Å²) in [6, 6.07) is 19.8. The van der Waals surface area contributed by atoms with E-state index in [0.29, 0.717) is 29.3 Å². The molecule has 182 valence electrons. The molecule has 0 saturated carbocycles. The van der Waals surface area contributed by atoms with E-state index < -0.39 is 10.0 Å². The van der Waals surface area contributed by atoms with Gasteiger partial charge in [-0.25, -0.2) is 17.8 Å². The molecule has 10 heteroatoms. The molecule has 1 N–H and O–H groups in total. The maximum atomic E-state index is 13.1. The number of halogens is 1. The summed E-state index contributed by atoms with van der Waals surface area (Å²) in [5.41, 5.74) is 3.65. The lowest BCUT2D eigenvalue weighted by atomic mass is 10.2. The summed E-state index contributed by atoms with van der Waals surface area (Å²) in [6.45, 7) is 2.53. The lowest BCUT2D eigenvalue weighted by Gasteiger charge is -2.10. The molecule has 0 saturated heterocycles. The summed E-state index contributed by atoms with van der Waals surface area (Å²) in [7, 11) is -3.66. The predicted molar refractivity (Wildman–Crippen MR) is 133 cm³/mol. The quantitative estimate of drug-likeness (QED) is 0.314. The van der Waals surface area contributed by atoms with Crippen molar-refractivity contribution in [2.24, 2.45) is 0 Å². The van der Waals surface area contributed by atoms with Crippen molar-refractivity contribution in [3.05, 3.63) is 102 Å². The first-order valence-electron chi connectivity index (χ1n) is 11.2. The maximum absolute atomic E-state index is 13.1. The van der Waals surface area contributed by atoms with E-state index in [1.54, 1.807) is 48.9 Å². The van der Waals surface area contributed by atoms with Crippen LogP contribution in [-0.4, -0.2) is 28.1 Å². The Kier molecular flexibility index (Phi) is 6.34. The highest BCUT2D eigenvalue weighted by molar-refractivity contribution is 7.92. The van der Waals surface area contributed by atoms with Crippen LogP contribution in [0.25, 0.3) is 23.0 Å². The third-order valence-corrected chi connectivity index (χ3v) is 6.99. The topological polar surface area (TPSA) is 103 Å². The number of hydrogen-bond acceptors (Lipinski definition) is 6. The number of aromatic nitrogens is 4. The minimum absolute atomic E-state index is 0.221. The van der Waals surface area contributed by atoms with Crippen molar-refractivity contribution in [2.45, 2.75) is 24.8 Å². The fourth-order valence-electron chi connectivity index (χ4n) is 3.61. The van der Waals surface area contributed by atoms with Crippen LogP contribution in [0.4, 0.5) is 10.1 Å². The lowest BCUT2D eigenvalue weighted by Crippen LogP contribution is -2.13. The standard InChI is InChI=1S/C26H22FN5O3S/c1-2-18-5-13-23(14-6-18)36(33,34)31-22-11-3-19(4-12-22)15-32-16-24(28-17-32)26-29-25(30-35-26)20-7-9-21(27)10-8-20/h3-14,16-17,31H,2,15H2,1H3. The second-order valence-corrected chi connectivity index (χ2v) is 9.84. The maximum Gasteiger partial charge on any atom is 0.278 e. The molecular formula is C26H22FN5O3S. The number of hydrogen-bond donors (Lipinski definition) is 1. The summed E-state index contributed by atoms with van der Waals surface area (Å²) >= 11 is 0.